The molecule has 0 fully saturated rings. The molecule has 3 N–H and O–H groups in total. The van der Waals surface area contributed by atoms with Crippen LogP contribution in [-0.2, 0) is 0 Å². The number of nitrogens with zero attached hydrogens (tertiary/aromatic N) is 2. The number of hydrogen-bond donors (Lipinski definition) is 2. The molecule has 1 aromatic carbocycles. The largest absolute Gasteiger partial charge is 0.376 e. The van der Waals surface area contributed by atoms with E-state index < -0.39 is 0 Å². The second-order valence-corrected chi connectivity index (χ2v) is 3.17. The Balaban J connectivity index is 2.59. The fraction of sp³-hybridized carbons (Fsp3) is 0. The van der Waals surface area contributed by atoms with Crippen molar-refractivity contribution in [2.45, 2.75) is 0 Å². The molecule has 1 aromatic heterocycles. The summed E-state index contributed by atoms with van der Waals surface area (Å²) in [5.41, 5.74) is 6.24. The number of hydrogen-bond acceptors (Lipinski definition) is 3. The predicted molar refractivity (Wildman–Crippen MR) is 59.9 cm³/mol. The van der Waals surface area contributed by atoms with Crippen LogP contribution in [0.2, 0.25) is 0 Å². The Bertz CT molecular complexity index is 478. The van der Waals surface area contributed by atoms with Gasteiger partial charge in [-0.05, 0) is 24.4 Å². The second-order valence-electron chi connectivity index (χ2n) is 2.73. The van der Waals surface area contributed by atoms with Crippen LogP contribution in [0.1, 0.15) is 0 Å². The first-order valence-corrected chi connectivity index (χ1v) is 4.44. The van der Waals surface area contributed by atoms with Crippen LogP contribution in [-0.4, -0.2) is 15.1 Å². The van der Waals surface area contributed by atoms with Crippen LogP contribution in [0.3, 0.4) is 0 Å². The van der Waals surface area contributed by atoms with Crippen molar-refractivity contribution in [1.82, 2.24) is 9.97 Å². The van der Waals surface area contributed by atoms with E-state index in [4.69, 9.17) is 18.0 Å². The molecule has 2 aromatic rings. The highest BCUT2D eigenvalue weighted by molar-refractivity contribution is 7.80. The van der Waals surface area contributed by atoms with Gasteiger partial charge in [0.25, 0.3) is 0 Å². The van der Waals surface area contributed by atoms with Gasteiger partial charge in [-0.15, -0.1) is 0 Å². The van der Waals surface area contributed by atoms with E-state index in [2.05, 4.69) is 15.3 Å². The molecule has 0 bridgehead atoms. The van der Waals surface area contributed by atoms with Crippen LogP contribution in [0.25, 0.3) is 10.9 Å². The SMILES string of the molecule is NC(=S)Nc1ncnc2ccccc12. The van der Waals surface area contributed by atoms with Crippen molar-refractivity contribution in [2.75, 3.05) is 5.32 Å². The van der Waals surface area contributed by atoms with Gasteiger partial charge in [-0.25, -0.2) is 9.97 Å². The van der Waals surface area contributed by atoms with Gasteiger partial charge in [-0.3, -0.25) is 0 Å². The number of para-hydroxylation sites is 1. The fourth-order valence-corrected chi connectivity index (χ4v) is 1.32. The number of anilines is 1. The van der Waals surface area contributed by atoms with Gasteiger partial charge in [-0.2, -0.15) is 0 Å². The summed E-state index contributed by atoms with van der Waals surface area (Å²) in [6, 6.07) is 7.65. The molecule has 0 saturated heterocycles. The Hall–Kier alpha value is -1.75. The highest BCUT2D eigenvalue weighted by Crippen LogP contribution is 2.17. The van der Waals surface area contributed by atoms with Crippen LogP contribution in [0.4, 0.5) is 5.82 Å². The molecule has 0 amide bonds. The van der Waals surface area contributed by atoms with E-state index in [1.165, 1.54) is 6.33 Å². The van der Waals surface area contributed by atoms with Crippen molar-refractivity contribution in [1.29, 1.82) is 0 Å². The van der Waals surface area contributed by atoms with Gasteiger partial charge < -0.3 is 11.1 Å². The van der Waals surface area contributed by atoms with Crippen molar-refractivity contribution >= 4 is 34.1 Å². The maximum atomic E-state index is 5.38. The third-order valence-electron chi connectivity index (χ3n) is 1.78. The molecule has 0 aliphatic heterocycles. The molecule has 0 aliphatic carbocycles. The average molecular weight is 204 g/mol. The number of fused-ring (bicyclic) bond motifs is 1. The van der Waals surface area contributed by atoms with Gasteiger partial charge in [0.1, 0.15) is 12.1 Å². The summed E-state index contributed by atoms with van der Waals surface area (Å²) in [6.07, 6.45) is 1.48. The first-order chi connectivity index (χ1) is 6.77. The van der Waals surface area contributed by atoms with Gasteiger partial charge in [0.2, 0.25) is 0 Å². The van der Waals surface area contributed by atoms with Gasteiger partial charge in [0.05, 0.1) is 5.52 Å². The van der Waals surface area contributed by atoms with Crippen LogP contribution in [0.15, 0.2) is 30.6 Å². The smallest absolute Gasteiger partial charge is 0.169 e. The summed E-state index contributed by atoms with van der Waals surface area (Å²) in [6.45, 7) is 0. The second kappa shape index (κ2) is 3.55. The highest BCUT2D eigenvalue weighted by Gasteiger charge is 2.01. The molecule has 4 nitrogen and oxygen atoms in total. The van der Waals surface area contributed by atoms with Crippen molar-refractivity contribution in [2.24, 2.45) is 5.73 Å². The lowest BCUT2D eigenvalue weighted by Gasteiger charge is -2.05. The van der Waals surface area contributed by atoms with Crippen molar-refractivity contribution in [3.8, 4) is 0 Å². The molecule has 0 atom stereocenters. The first kappa shape index (κ1) is 8.83. The van der Waals surface area contributed by atoms with E-state index in [1.807, 2.05) is 24.3 Å². The molecule has 0 radical (unpaired) electrons. The van der Waals surface area contributed by atoms with Crippen LogP contribution < -0.4 is 11.1 Å². The first-order valence-electron chi connectivity index (χ1n) is 4.03. The zero-order valence-corrected chi connectivity index (χ0v) is 8.08. The zero-order chi connectivity index (χ0) is 9.97. The van der Waals surface area contributed by atoms with Crippen LogP contribution in [0.5, 0.6) is 0 Å². The maximum Gasteiger partial charge on any atom is 0.169 e. The molecular formula is C9H8N4S. The summed E-state index contributed by atoms with van der Waals surface area (Å²) in [4.78, 5) is 8.17. The number of benzene rings is 1. The minimum Gasteiger partial charge on any atom is -0.376 e. The van der Waals surface area contributed by atoms with E-state index >= 15 is 0 Å². The van der Waals surface area contributed by atoms with Gasteiger partial charge in [-0.1, -0.05) is 12.1 Å². The van der Waals surface area contributed by atoms with Crippen molar-refractivity contribution in [3.05, 3.63) is 30.6 Å². The van der Waals surface area contributed by atoms with Crippen molar-refractivity contribution in [3.63, 3.8) is 0 Å². The molecule has 0 spiro atoms. The van der Waals surface area contributed by atoms with E-state index in [9.17, 15) is 0 Å². The molecule has 1 heterocycles. The highest BCUT2D eigenvalue weighted by atomic mass is 32.1. The summed E-state index contributed by atoms with van der Waals surface area (Å²) in [5, 5.41) is 3.91. The van der Waals surface area contributed by atoms with E-state index in [1.54, 1.807) is 0 Å². The van der Waals surface area contributed by atoms with Crippen LogP contribution in [0, 0.1) is 0 Å². The normalized spacial score (nSPS) is 10.0. The number of nitrogens with one attached hydrogen (secondary N) is 1. The fourth-order valence-electron chi connectivity index (χ4n) is 1.22. The maximum absolute atomic E-state index is 5.38. The van der Waals surface area contributed by atoms with E-state index in [0.717, 1.165) is 10.9 Å². The monoisotopic (exact) mass is 204 g/mol. The lowest BCUT2D eigenvalue weighted by molar-refractivity contribution is 1.22. The number of nitrogens with two attached hydrogens (primary N) is 1. The zero-order valence-electron chi connectivity index (χ0n) is 7.27. The van der Waals surface area contributed by atoms with Crippen LogP contribution >= 0.6 is 12.2 Å². The Labute approximate surface area is 86.2 Å². The van der Waals surface area contributed by atoms with Gasteiger partial charge >= 0.3 is 0 Å². The molecule has 2 rings (SSSR count). The summed E-state index contributed by atoms with van der Waals surface area (Å²) >= 11 is 4.75. The van der Waals surface area contributed by atoms with Gasteiger partial charge in [0, 0.05) is 5.39 Å². The third-order valence-corrected chi connectivity index (χ3v) is 1.89. The number of aromatic nitrogens is 2. The van der Waals surface area contributed by atoms with Crippen molar-refractivity contribution < 1.29 is 0 Å². The topological polar surface area (TPSA) is 63.8 Å². The summed E-state index contributed by atoms with van der Waals surface area (Å²) in [5.74, 6) is 0.642. The summed E-state index contributed by atoms with van der Waals surface area (Å²) in [7, 11) is 0. The minimum atomic E-state index is 0.203. The lowest BCUT2D eigenvalue weighted by atomic mass is 10.2. The van der Waals surface area contributed by atoms with Gasteiger partial charge in [0.15, 0.2) is 5.11 Å². The Morgan fingerprint density at radius 2 is 2.07 bits per heavy atom. The molecule has 0 aliphatic rings. The summed E-state index contributed by atoms with van der Waals surface area (Å²) < 4.78 is 0. The third kappa shape index (κ3) is 1.62. The quantitative estimate of drug-likeness (QED) is 0.685. The number of thiocarbonyl (C=S) groups is 1. The lowest BCUT2D eigenvalue weighted by Crippen LogP contribution is -2.19. The van der Waals surface area contributed by atoms with E-state index in [-0.39, 0.29) is 5.11 Å². The standard InChI is InChI=1S/C9H8N4S/c10-9(14)13-8-6-3-1-2-4-7(6)11-5-12-8/h1-5H,(H3,10,11,12,13,14). The predicted octanol–water partition coefficient (Wildman–Crippen LogP) is 1.29. The minimum absolute atomic E-state index is 0.203. The Morgan fingerprint density at radius 3 is 2.86 bits per heavy atom. The molecule has 0 unspecified atom stereocenters. The Kier molecular flexibility index (Phi) is 2.24. The van der Waals surface area contributed by atoms with E-state index in [0.29, 0.717) is 5.82 Å². The average Bonchev–Trinajstić information content (AvgIpc) is 2.18. The molecule has 14 heavy (non-hydrogen) atoms. The Morgan fingerprint density at radius 1 is 1.29 bits per heavy atom. The number of rotatable bonds is 1. The molecule has 70 valence electrons. The molecular weight excluding hydrogens is 196 g/mol. The molecule has 5 heteroatoms. The molecule has 0 saturated carbocycles.